The molecule has 1 atom stereocenters. The molecule has 0 saturated carbocycles. The predicted molar refractivity (Wildman–Crippen MR) is 78.8 cm³/mol. The number of aromatic nitrogens is 1. The first-order chi connectivity index (χ1) is 8.56. The van der Waals surface area contributed by atoms with Crippen LogP contribution in [0.5, 0.6) is 0 Å². The molecule has 1 aromatic heterocycles. The molecule has 2 nitrogen and oxygen atoms in total. The van der Waals surface area contributed by atoms with Crippen LogP contribution in [-0.2, 0) is 6.42 Å². The third kappa shape index (κ3) is 3.31. The van der Waals surface area contributed by atoms with E-state index in [-0.39, 0.29) is 6.04 Å². The molecule has 0 aliphatic rings. The van der Waals surface area contributed by atoms with Crippen molar-refractivity contribution in [2.45, 2.75) is 19.4 Å². The normalized spacial score (nSPS) is 12.4. The highest BCUT2D eigenvalue weighted by Gasteiger charge is 2.10. The van der Waals surface area contributed by atoms with Crippen molar-refractivity contribution in [3.05, 3.63) is 62.8 Å². The summed E-state index contributed by atoms with van der Waals surface area (Å²) in [5.74, 6) is 0. The average Bonchev–Trinajstić information content (AvgIpc) is 2.28. The van der Waals surface area contributed by atoms with Crippen LogP contribution in [-0.4, -0.2) is 4.98 Å². The quantitative estimate of drug-likeness (QED) is 0.924. The molecular weight excluding hydrogens is 312 g/mol. The first kappa shape index (κ1) is 13.5. The number of aryl methyl sites for hydroxylation is 1. The summed E-state index contributed by atoms with van der Waals surface area (Å²) in [5, 5.41) is 0.743. The second-order valence-corrected chi connectivity index (χ2v) is 5.68. The molecule has 0 bridgehead atoms. The molecule has 1 heterocycles. The molecule has 0 fully saturated rings. The van der Waals surface area contributed by atoms with Gasteiger partial charge in [-0.05, 0) is 64.2 Å². The Morgan fingerprint density at radius 1 is 1.33 bits per heavy atom. The second kappa shape index (κ2) is 5.83. The Bertz CT molecular complexity index is 557. The van der Waals surface area contributed by atoms with Gasteiger partial charge in [0.25, 0.3) is 0 Å². The number of halogens is 2. The molecule has 1 unspecified atom stereocenters. The van der Waals surface area contributed by atoms with E-state index in [1.165, 1.54) is 0 Å². The van der Waals surface area contributed by atoms with E-state index < -0.39 is 0 Å². The number of hydrogen-bond acceptors (Lipinski definition) is 2. The van der Waals surface area contributed by atoms with Crippen LogP contribution in [0.1, 0.15) is 22.7 Å². The number of hydrogen-bond donors (Lipinski definition) is 1. The van der Waals surface area contributed by atoms with E-state index in [0.29, 0.717) is 0 Å². The van der Waals surface area contributed by atoms with Gasteiger partial charge in [-0.25, -0.2) is 0 Å². The van der Waals surface area contributed by atoms with Crippen molar-refractivity contribution in [2.24, 2.45) is 5.73 Å². The molecule has 4 heteroatoms. The predicted octanol–water partition coefficient (Wildman–Crippen LogP) is 4.05. The van der Waals surface area contributed by atoms with Crippen molar-refractivity contribution in [1.29, 1.82) is 0 Å². The molecule has 0 amide bonds. The fourth-order valence-electron chi connectivity index (χ4n) is 1.99. The standard InChI is InChI=1S/C14H14BrClN2/c1-9-4-12(16)2-3-13(9)14(17)6-10-5-11(15)8-18-7-10/h2-5,7-8,14H,6,17H2,1H3. The first-order valence-electron chi connectivity index (χ1n) is 5.67. The third-order valence-electron chi connectivity index (χ3n) is 2.85. The fraction of sp³-hybridized carbons (Fsp3) is 0.214. The second-order valence-electron chi connectivity index (χ2n) is 4.32. The minimum absolute atomic E-state index is 0.0432. The highest BCUT2D eigenvalue weighted by atomic mass is 79.9. The zero-order valence-electron chi connectivity index (χ0n) is 10.0. The van der Waals surface area contributed by atoms with Gasteiger partial charge >= 0.3 is 0 Å². The lowest BCUT2D eigenvalue weighted by Gasteiger charge is -2.15. The van der Waals surface area contributed by atoms with Gasteiger partial charge in [0, 0.05) is 27.9 Å². The molecule has 2 N–H and O–H groups in total. The molecule has 2 rings (SSSR count). The maximum atomic E-state index is 6.24. The van der Waals surface area contributed by atoms with Gasteiger partial charge in [0.2, 0.25) is 0 Å². The van der Waals surface area contributed by atoms with Gasteiger partial charge in [-0.1, -0.05) is 17.7 Å². The monoisotopic (exact) mass is 324 g/mol. The molecular formula is C14H14BrClN2. The van der Waals surface area contributed by atoms with Crippen molar-refractivity contribution in [3.63, 3.8) is 0 Å². The topological polar surface area (TPSA) is 38.9 Å². The zero-order chi connectivity index (χ0) is 13.1. The number of nitrogens with zero attached hydrogens (tertiary/aromatic N) is 1. The summed E-state index contributed by atoms with van der Waals surface area (Å²) in [6, 6.07) is 7.81. The Morgan fingerprint density at radius 2 is 2.11 bits per heavy atom. The van der Waals surface area contributed by atoms with Crippen molar-refractivity contribution in [1.82, 2.24) is 4.98 Å². The summed E-state index contributed by atoms with van der Waals surface area (Å²) >= 11 is 9.36. The van der Waals surface area contributed by atoms with Gasteiger partial charge < -0.3 is 5.73 Å². The molecule has 94 valence electrons. The minimum atomic E-state index is -0.0432. The SMILES string of the molecule is Cc1cc(Cl)ccc1C(N)Cc1cncc(Br)c1. The minimum Gasteiger partial charge on any atom is -0.324 e. The summed E-state index contributed by atoms with van der Waals surface area (Å²) < 4.78 is 0.972. The molecule has 1 aromatic carbocycles. The van der Waals surface area contributed by atoms with Gasteiger partial charge in [-0.3, -0.25) is 4.98 Å². The van der Waals surface area contributed by atoms with Crippen LogP contribution in [0.4, 0.5) is 0 Å². The van der Waals surface area contributed by atoms with Gasteiger partial charge in [0.05, 0.1) is 0 Å². The summed E-state index contributed by atoms with van der Waals surface area (Å²) in [4.78, 5) is 4.14. The summed E-state index contributed by atoms with van der Waals surface area (Å²) in [5.41, 5.74) is 9.61. The third-order valence-corrected chi connectivity index (χ3v) is 3.52. The van der Waals surface area contributed by atoms with E-state index >= 15 is 0 Å². The molecule has 0 saturated heterocycles. The van der Waals surface area contributed by atoms with Crippen LogP contribution in [0.15, 0.2) is 41.1 Å². The largest absolute Gasteiger partial charge is 0.324 e. The first-order valence-corrected chi connectivity index (χ1v) is 6.84. The Balaban J connectivity index is 2.19. The van der Waals surface area contributed by atoms with Crippen LogP contribution >= 0.6 is 27.5 Å². The molecule has 18 heavy (non-hydrogen) atoms. The van der Waals surface area contributed by atoms with Gasteiger partial charge in [-0.2, -0.15) is 0 Å². The lowest BCUT2D eigenvalue weighted by Crippen LogP contribution is -2.14. The van der Waals surface area contributed by atoms with Crippen LogP contribution < -0.4 is 5.73 Å². The smallest absolute Gasteiger partial charge is 0.0410 e. The van der Waals surface area contributed by atoms with E-state index in [9.17, 15) is 0 Å². The van der Waals surface area contributed by atoms with E-state index in [1.54, 1.807) is 6.20 Å². The number of pyridine rings is 1. The molecule has 0 aliphatic heterocycles. The van der Waals surface area contributed by atoms with Crippen molar-refractivity contribution < 1.29 is 0 Å². The van der Waals surface area contributed by atoms with Gasteiger partial charge in [-0.15, -0.1) is 0 Å². The van der Waals surface area contributed by atoms with Crippen LogP contribution in [0.3, 0.4) is 0 Å². The Labute approximate surface area is 120 Å². The van der Waals surface area contributed by atoms with Crippen LogP contribution in [0.2, 0.25) is 5.02 Å². The molecule has 0 aliphatic carbocycles. The lowest BCUT2D eigenvalue weighted by atomic mass is 9.97. The molecule has 2 aromatic rings. The summed E-state index contributed by atoms with van der Waals surface area (Å²) in [6.45, 7) is 2.03. The highest BCUT2D eigenvalue weighted by molar-refractivity contribution is 9.10. The Hall–Kier alpha value is -0.900. The highest BCUT2D eigenvalue weighted by Crippen LogP contribution is 2.23. The maximum Gasteiger partial charge on any atom is 0.0410 e. The number of benzene rings is 1. The Morgan fingerprint density at radius 3 is 2.78 bits per heavy atom. The Kier molecular flexibility index (Phi) is 4.38. The summed E-state index contributed by atoms with van der Waals surface area (Å²) in [7, 11) is 0. The number of nitrogens with two attached hydrogens (primary N) is 1. The van der Waals surface area contributed by atoms with Crippen molar-refractivity contribution in [2.75, 3.05) is 0 Å². The van der Waals surface area contributed by atoms with Crippen molar-refractivity contribution >= 4 is 27.5 Å². The van der Waals surface area contributed by atoms with E-state index in [2.05, 4.69) is 20.9 Å². The summed E-state index contributed by atoms with van der Waals surface area (Å²) in [6.07, 6.45) is 4.37. The van der Waals surface area contributed by atoms with Crippen molar-refractivity contribution in [3.8, 4) is 0 Å². The fourth-order valence-corrected chi connectivity index (χ4v) is 2.63. The van der Waals surface area contributed by atoms with E-state index in [0.717, 1.165) is 32.6 Å². The maximum absolute atomic E-state index is 6.24. The van der Waals surface area contributed by atoms with Gasteiger partial charge in [0.1, 0.15) is 0 Å². The lowest BCUT2D eigenvalue weighted by molar-refractivity contribution is 0.714. The zero-order valence-corrected chi connectivity index (χ0v) is 12.4. The molecule has 0 radical (unpaired) electrons. The number of rotatable bonds is 3. The van der Waals surface area contributed by atoms with E-state index in [1.807, 2.05) is 37.4 Å². The average molecular weight is 326 g/mol. The van der Waals surface area contributed by atoms with Gasteiger partial charge in [0.15, 0.2) is 0 Å². The van der Waals surface area contributed by atoms with Crippen LogP contribution in [0, 0.1) is 6.92 Å². The molecule has 0 spiro atoms. The van der Waals surface area contributed by atoms with Crippen LogP contribution in [0.25, 0.3) is 0 Å². The van der Waals surface area contributed by atoms with E-state index in [4.69, 9.17) is 17.3 Å².